The number of imide groups is 1. The molecule has 5 nitrogen and oxygen atoms in total. The van der Waals surface area contributed by atoms with E-state index in [0.717, 1.165) is 0 Å². The van der Waals surface area contributed by atoms with Crippen molar-refractivity contribution in [2.45, 2.75) is 26.3 Å². The second kappa shape index (κ2) is 5.32. The van der Waals surface area contributed by atoms with Crippen LogP contribution in [0.25, 0.3) is 0 Å². The molecule has 1 saturated heterocycles. The molecule has 0 saturated carbocycles. The van der Waals surface area contributed by atoms with E-state index in [2.05, 4.69) is 5.32 Å². The van der Waals surface area contributed by atoms with Crippen LogP contribution in [0.15, 0.2) is 24.3 Å². The summed E-state index contributed by atoms with van der Waals surface area (Å²) in [6, 6.07) is 6.38. The van der Waals surface area contributed by atoms with Crippen LogP contribution in [0.2, 0.25) is 5.02 Å². The fourth-order valence-corrected chi connectivity index (χ4v) is 2.25. The molecule has 108 valence electrons. The van der Waals surface area contributed by atoms with Crippen molar-refractivity contribution < 1.29 is 9.59 Å². The molecule has 1 aromatic carbocycles. The number of benzene rings is 1. The Morgan fingerprint density at radius 2 is 1.90 bits per heavy atom. The minimum atomic E-state index is -0.380. The zero-order chi connectivity index (χ0) is 14.9. The molecule has 0 aliphatic carbocycles. The van der Waals surface area contributed by atoms with Crippen molar-refractivity contribution in [3.05, 3.63) is 29.3 Å². The van der Waals surface area contributed by atoms with Crippen LogP contribution in [0, 0.1) is 0 Å². The van der Waals surface area contributed by atoms with Gasteiger partial charge in [-0.05, 0) is 32.9 Å². The second-order valence-electron chi connectivity index (χ2n) is 5.72. The number of carbonyl (C=O) groups is 2. The fraction of sp³-hybridized carbons (Fsp3) is 0.429. The van der Waals surface area contributed by atoms with Gasteiger partial charge in [-0.2, -0.15) is 0 Å². The van der Waals surface area contributed by atoms with Crippen molar-refractivity contribution in [1.82, 2.24) is 10.2 Å². The van der Waals surface area contributed by atoms with Crippen LogP contribution in [0.1, 0.15) is 20.8 Å². The summed E-state index contributed by atoms with van der Waals surface area (Å²) < 4.78 is 0. The Labute approximate surface area is 123 Å². The normalized spacial score (nSPS) is 15.7. The summed E-state index contributed by atoms with van der Waals surface area (Å²) in [5, 5.41) is 3.28. The lowest BCUT2D eigenvalue weighted by Crippen LogP contribution is -2.49. The van der Waals surface area contributed by atoms with Crippen molar-refractivity contribution in [3.63, 3.8) is 0 Å². The number of hydrogen-bond donors (Lipinski definition) is 1. The molecule has 20 heavy (non-hydrogen) atoms. The minimum Gasteiger partial charge on any atom is -0.333 e. The van der Waals surface area contributed by atoms with Crippen LogP contribution in [-0.4, -0.2) is 35.6 Å². The van der Waals surface area contributed by atoms with E-state index in [1.165, 1.54) is 9.80 Å². The third-order valence-corrected chi connectivity index (χ3v) is 3.20. The molecule has 1 heterocycles. The summed E-state index contributed by atoms with van der Waals surface area (Å²) in [6.07, 6.45) is 0. The molecule has 1 aliphatic heterocycles. The number of rotatable bonds is 1. The number of para-hydroxylation sites is 1. The van der Waals surface area contributed by atoms with Crippen molar-refractivity contribution >= 4 is 29.4 Å². The first kappa shape index (κ1) is 14.7. The number of nitrogens with one attached hydrogen (secondary N) is 1. The number of halogens is 1. The van der Waals surface area contributed by atoms with E-state index in [9.17, 15) is 9.59 Å². The summed E-state index contributed by atoms with van der Waals surface area (Å²) in [5.74, 6) is 0. The van der Waals surface area contributed by atoms with Gasteiger partial charge in [0.1, 0.15) is 0 Å². The standard InChI is InChI=1S/C14H18ClN3O2/c1-14(2,3)16-12(19)18-9-8-17(13(18)20)11-7-5-4-6-10(11)15/h4-7H,8-9H2,1-3H3,(H,16,19). The maximum atomic E-state index is 12.3. The number of carbonyl (C=O) groups excluding carboxylic acids is 2. The lowest BCUT2D eigenvalue weighted by Gasteiger charge is -2.24. The first-order valence-corrected chi connectivity index (χ1v) is 6.83. The molecular weight excluding hydrogens is 278 g/mol. The monoisotopic (exact) mass is 295 g/mol. The summed E-state index contributed by atoms with van der Waals surface area (Å²) in [6.45, 7) is 6.41. The molecule has 1 aromatic rings. The maximum absolute atomic E-state index is 12.3. The van der Waals surface area contributed by atoms with E-state index in [1.807, 2.05) is 26.8 Å². The molecule has 0 radical (unpaired) electrons. The highest BCUT2D eigenvalue weighted by Crippen LogP contribution is 2.28. The van der Waals surface area contributed by atoms with E-state index in [0.29, 0.717) is 23.8 Å². The quantitative estimate of drug-likeness (QED) is 0.865. The summed E-state index contributed by atoms with van der Waals surface area (Å²) in [7, 11) is 0. The number of hydrogen-bond acceptors (Lipinski definition) is 2. The van der Waals surface area contributed by atoms with Gasteiger partial charge >= 0.3 is 12.1 Å². The predicted octanol–water partition coefficient (Wildman–Crippen LogP) is 3.09. The minimum absolute atomic E-state index is 0.347. The molecule has 1 aliphatic rings. The Morgan fingerprint density at radius 1 is 1.25 bits per heavy atom. The molecule has 0 spiro atoms. The SMILES string of the molecule is CC(C)(C)NC(=O)N1CCN(c2ccccc2Cl)C1=O. The highest BCUT2D eigenvalue weighted by Gasteiger charge is 2.35. The molecule has 0 unspecified atom stereocenters. The molecule has 0 atom stereocenters. The van der Waals surface area contributed by atoms with Crippen molar-refractivity contribution in [2.75, 3.05) is 18.0 Å². The smallest absolute Gasteiger partial charge is 0.332 e. The Kier molecular flexibility index (Phi) is 3.90. The molecule has 0 aromatic heterocycles. The van der Waals surface area contributed by atoms with Crippen molar-refractivity contribution in [2.24, 2.45) is 0 Å². The Hall–Kier alpha value is -1.75. The van der Waals surface area contributed by atoms with E-state index in [1.54, 1.807) is 18.2 Å². The number of urea groups is 2. The van der Waals surface area contributed by atoms with Gasteiger partial charge in [-0.15, -0.1) is 0 Å². The van der Waals surface area contributed by atoms with E-state index < -0.39 is 0 Å². The van der Waals surface area contributed by atoms with Gasteiger partial charge in [-0.25, -0.2) is 14.5 Å². The number of nitrogens with zero attached hydrogens (tertiary/aromatic N) is 2. The first-order chi connectivity index (χ1) is 9.29. The molecular formula is C14H18ClN3O2. The van der Waals surface area contributed by atoms with Crippen molar-refractivity contribution in [1.29, 1.82) is 0 Å². The molecule has 0 bridgehead atoms. The van der Waals surface area contributed by atoms with Gasteiger partial charge < -0.3 is 5.32 Å². The average molecular weight is 296 g/mol. The Morgan fingerprint density at radius 3 is 2.50 bits per heavy atom. The first-order valence-electron chi connectivity index (χ1n) is 6.45. The van der Waals surface area contributed by atoms with Gasteiger partial charge in [0.25, 0.3) is 0 Å². The van der Waals surface area contributed by atoms with E-state index in [-0.39, 0.29) is 17.6 Å². The van der Waals surface area contributed by atoms with Crippen LogP contribution in [-0.2, 0) is 0 Å². The molecule has 1 fully saturated rings. The van der Waals surface area contributed by atoms with E-state index >= 15 is 0 Å². The number of amides is 4. The molecule has 4 amide bonds. The van der Waals surface area contributed by atoms with Crippen LogP contribution in [0.5, 0.6) is 0 Å². The zero-order valence-corrected chi connectivity index (χ0v) is 12.6. The lowest BCUT2D eigenvalue weighted by molar-refractivity contribution is 0.194. The Bertz CT molecular complexity index is 539. The second-order valence-corrected chi connectivity index (χ2v) is 6.12. The third kappa shape index (κ3) is 3.04. The maximum Gasteiger partial charge on any atom is 0.332 e. The highest BCUT2D eigenvalue weighted by molar-refractivity contribution is 6.34. The molecule has 2 rings (SSSR count). The van der Waals surface area contributed by atoms with Crippen LogP contribution in [0.3, 0.4) is 0 Å². The predicted molar refractivity (Wildman–Crippen MR) is 79.2 cm³/mol. The topological polar surface area (TPSA) is 52.7 Å². The lowest BCUT2D eigenvalue weighted by atomic mass is 10.1. The molecule has 1 N–H and O–H groups in total. The van der Waals surface area contributed by atoms with Gasteiger partial charge in [0, 0.05) is 12.1 Å². The third-order valence-electron chi connectivity index (χ3n) is 2.88. The van der Waals surface area contributed by atoms with Crippen molar-refractivity contribution in [3.8, 4) is 0 Å². The van der Waals surface area contributed by atoms with Gasteiger partial charge in [0.2, 0.25) is 0 Å². The van der Waals surface area contributed by atoms with Crippen LogP contribution in [0.4, 0.5) is 15.3 Å². The Balaban J connectivity index is 2.14. The average Bonchev–Trinajstić information content (AvgIpc) is 2.69. The summed E-state index contributed by atoms with van der Waals surface area (Å²) >= 11 is 6.09. The fourth-order valence-electron chi connectivity index (χ4n) is 2.01. The highest BCUT2D eigenvalue weighted by atomic mass is 35.5. The van der Waals surface area contributed by atoms with Gasteiger partial charge in [-0.3, -0.25) is 4.90 Å². The summed E-state index contributed by atoms with van der Waals surface area (Å²) in [4.78, 5) is 27.1. The largest absolute Gasteiger partial charge is 0.333 e. The van der Waals surface area contributed by atoms with Gasteiger partial charge in [-0.1, -0.05) is 23.7 Å². The summed E-state index contributed by atoms with van der Waals surface area (Å²) in [5.41, 5.74) is 0.250. The van der Waals surface area contributed by atoms with Crippen LogP contribution >= 0.6 is 11.6 Å². The van der Waals surface area contributed by atoms with Gasteiger partial charge in [0.15, 0.2) is 0 Å². The zero-order valence-electron chi connectivity index (χ0n) is 11.8. The van der Waals surface area contributed by atoms with Gasteiger partial charge in [0.05, 0.1) is 17.3 Å². The van der Waals surface area contributed by atoms with E-state index in [4.69, 9.17) is 11.6 Å². The van der Waals surface area contributed by atoms with Crippen LogP contribution < -0.4 is 10.2 Å². The number of anilines is 1. The molecule has 6 heteroatoms.